The van der Waals surface area contributed by atoms with Crippen LogP contribution in [0.25, 0.3) is 0 Å². The normalized spacial score (nSPS) is 20.5. The van der Waals surface area contributed by atoms with Crippen molar-refractivity contribution in [3.63, 3.8) is 0 Å². The molecule has 0 radical (unpaired) electrons. The highest BCUT2D eigenvalue weighted by atomic mass is 15.4. The van der Waals surface area contributed by atoms with Gasteiger partial charge in [-0.05, 0) is 19.4 Å². The Morgan fingerprint density at radius 3 is 2.05 bits per heavy atom. The van der Waals surface area contributed by atoms with Crippen LogP contribution < -0.4 is 4.90 Å². The van der Waals surface area contributed by atoms with Gasteiger partial charge in [0.1, 0.15) is 12.2 Å². The van der Waals surface area contributed by atoms with Gasteiger partial charge in [0.05, 0.1) is 12.2 Å². The fourth-order valence-electron chi connectivity index (χ4n) is 2.93. The minimum Gasteiger partial charge on any atom is -0.319 e. The SMILES string of the molecule is C[C@@H](c1ccccc1)N1C=C[NH+]([C@@H](C)c2ccccc2)C1. The van der Waals surface area contributed by atoms with E-state index in [9.17, 15) is 0 Å². The number of nitrogens with one attached hydrogen (secondary N) is 1. The van der Waals surface area contributed by atoms with Crippen molar-refractivity contribution >= 4 is 0 Å². The van der Waals surface area contributed by atoms with E-state index in [4.69, 9.17) is 0 Å². The van der Waals surface area contributed by atoms with Crippen LogP contribution in [0.1, 0.15) is 37.1 Å². The van der Waals surface area contributed by atoms with Crippen molar-refractivity contribution in [2.75, 3.05) is 6.67 Å². The molecule has 1 N–H and O–H groups in total. The molecule has 0 fully saturated rings. The van der Waals surface area contributed by atoms with Gasteiger partial charge in [0.15, 0.2) is 6.67 Å². The Morgan fingerprint density at radius 2 is 1.43 bits per heavy atom. The van der Waals surface area contributed by atoms with Gasteiger partial charge in [-0.25, -0.2) is 0 Å². The highest BCUT2D eigenvalue weighted by Crippen LogP contribution is 2.20. The fourth-order valence-corrected chi connectivity index (χ4v) is 2.93. The van der Waals surface area contributed by atoms with E-state index < -0.39 is 0 Å². The van der Waals surface area contributed by atoms with Gasteiger partial charge in [-0.1, -0.05) is 60.7 Å². The standard InChI is InChI=1S/C19H22N2/c1-16(18-9-5-3-6-10-18)20-13-14-21(15-20)17(2)19-11-7-4-8-12-19/h3-14,16-17H,15H2,1-2H3/p+1/t16-,17-/m0/s1. The average Bonchev–Trinajstić information content (AvgIpc) is 3.05. The van der Waals surface area contributed by atoms with Gasteiger partial charge in [-0.2, -0.15) is 0 Å². The topological polar surface area (TPSA) is 7.68 Å². The van der Waals surface area contributed by atoms with Crippen LogP contribution >= 0.6 is 0 Å². The Bertz CT molecular complexity index is 538. The summed E-state index contributed by atoms with van der Waals surface area (Å²) in [5.74, 6) is 0. The van der Waals surface area contributed by atoms with E-state index in [0.717, 1.165) is 6.67 Å². The molecule has 1 aliphatic heterocycles. The number of hydrogen-bond acceptors (Lipinski definition) is 1. The van der Waals surface area contributed by atoms with Crippen LogP contribution in [0.3, 0.4) is 0 Å². The zero-order valence-electron chi connectivity index (χ0n) is 12.7. The lowest BCUT2D eigenvalue weighted by Crippen LogP contribution is -3.07. The molecule has 1 heterocycles. The molecule has 1 unspecified atom stereocenters. The maximum atomic E-state index is 2.42. The summed E-state index contributed by atoms with van der Waals surface area (Å²) in [5, 5.41) is 0. The molecule has 1 aliphatic rings. The highest BCUT2D eigenvalue weighted by molar-refractivity contribution is 5.19. The highest BCUT2D eigenvalue weighted by Gasteiger charge is 2.27. The summed E-state index contributed by atoms with van der Waals surface area (Å²) in [7, 11) is 0. The molecule has 21 heavy (non-hydrogen) atoms. The summed E-state index contributed by atoms with van der Waals surface area (Å²) in [6.07, 6.45) is 4.53. The van der Waals surface area contributed by atoms with Gasteiger partial charge >= 0.3 is 0 Å². The molecule has 0 saturated heterocycles. The van der Waals surface area contributed by atoms with E-state index in [-0.39, 0.29) is 0 Å². The Labute approximate surface area is 127 Å². The number of quaternary nitrogens is 1. The first kappa shape index (κ1) is 13.9. The predicted octanol–water partition coefficient (Wildman–Crippen LogP) is 3.14. The lowest BCUT2D eigenvalue weighted by Gasteiger charge is -2.26. The molecule has 0 saturated carbocycles. The molecular formula is C19H23N2+. The van der Waals surface area contributed by atoms with Crippen molar-refractivity contribution in [1.82, 2.24) is 4.90 Å². The van der Waals surface area contributed by atoms with Gasteiger partial charge in [0.2, 0.25) is 0 Å². The molecule has 0 spiro atoms. The van der Waals surface area contributed by atoms with Crippen molar-refractivity contribution < 1.29 is 4.90 Å². The first-order valence-corrected chi connectivity index (χ1v) is 7.65. The third kappa shape index (κ3) is 3.01. The molecule has 2 aromatic rings. The molecule has 0 amide bonds. The zero-order valence-corrected chi connectivity index (χ0v) is 12.7. The first-order chi connectivity index (χ1) is 10.3. The largest absolute Gasteiger partial charge is 0.319 e. The summed E-state index contributed by atoms with van der Waals surface area (Å²) in [6.45, 7) is 5.59. The molecule has 3 rings (SSSR count). The van der Waals surface area contributed by atoms with Gasteiger partial charge in [-0.15, -0.1) is 0 Å². The monoisotopic (exact) mass is 279 g/mol. The smallest absolute Gasteiger partial charge is 0.157 e. The molecule has 3 atom stereocenters. The van der Waals surface area contributed by atoms with Crippen molar-refractivity contribution in [2.24, 2.45) is 0 Å². The first-order valence-electron chi connectivity index (χ1n) is 7.65. The van der Waals surface area contributed by atoms with Gasteiger partial charge in [-0.3, -0.25) is 4.90 Å². The third-order valence-electron chi connectivity index (χ3n) is 4.48. The van der Waals surface area contributed by atoms with Crippen molar-refractivity contribution in [1.29, 1.82) is 0 Å². The molecule has 2 heteroatoms. The van der Waals surface area contributed by atoms with Crippen LogP contribution in [0, 0.1) is 0 Å². The molecule has 0 aliphatic carbocycles. The van der Waals surface area contributed by atoms with Crippen LogP contribution in [0.15, 0.2) is 73.1 Å². The number of hydrogen-bond donors (Lipinski definition) is 1. The van der Waals surface area contributed by atoms with E-state index in [1.54, 1.807) is 0 Å². The maximum absolute atomic E-state index is 2.42. The summed E-state index contributed by atoms with van der Waals surface area (Å²) < 4.78 is 0. The third-order valence-corrected chi connectivity index (χ3v) is 4.48. The van der Waals surface area contributed by atoms with E-state index in [1.165, 1.54) is 16.0 Å². The Kier molecular flexibility index (Phi) is 4.07. The minimum absolute atomic E-state index is 0.419. The summed E-state index contributed by atoms with van der Waals surface area (Å²) in [4.78, 5) is 3.91. The van der Waals surface area contributed by atoms with Crippen LogP contribution in [0.4, 0.5) is 0 Å². The number of nitrogens with zero attached hydrogens (tertiary/aromatic N) is 1. The quantitative estimate of drug-likeness (QED) is 0.903. The molecule has 108 valence electrons. The van der Waals surface area contributed by atoms with Crippen LogP contribution in [-0.4, -0.2) is 11.6 Å². The average molecular weight is 279 g/mol. The van der Waals surface area contributed by atoms with Crippen LogP contribution in [-0.2, 0) is 0 Å². The van der Waals surface area contributed by atoms with Gasteiger partial charge < -0.3 is 4.90 Å². The van der Waals surface area contributed by atoms with E-state index in [0.29, 0.717) is 12.1 Å². The second kappa shape index (κ2) is 6.15. The van der Waals surface area contributed by atoms with E-state index >= 15 is 0 Å². The lowest BCUT2D eigenvalue weighted by molar-refractivity contribution is -0.881. The summed E-state index contributed by atoms with van der Waals surface area (Å²) in [6, 6.07) is 22.4. The van der Waals surface area contributed by atoms with E-state index in [1.807, 2.05) is 0 Å². The van der Waals surface area contributed by atoms with Crippen molar-refractivity contribution in [3.05, 3.63) is 84.2 Å². The molecule has 0 aromatic heterocycles. The number of benzene rings is 2. The second-order valence-corrected chi connectivity index (χ2v) is 5.78. The molecule has 2 aromatic carbocycles. The molecule has 0 bridgehead atoms. The van der Waals surface area contributed by atoms with E-state index in [2.05, 4.69) is 91.8 Å². The van der Waals surface area contributed by atoms with Gasteiger partial charge in [0, 0.05) is 5.56 Å². The van der Waals surface area contributed by atoms with Crippen molar-refractivity contribution in [2.45, 2.75) is 25.9 Å². The van der Waals surface area contributed by atoms with Crippen LogP contribution in [0.5, 0.6) is 0 Å². The Balaban J connectivity index is 1.68. The Hall–Kier alpha value is -2.06. The summed E-state index contributed by atoms with van der Waals surface area (Å²) in [5.41, 5.74) is 2.77. The fraction of sp³-hybridized carbons (Fsp3) is 0.263. The van der Waals surface area contributed by atoms with Gasteiger partial charge in [0.25, 0.3) is 0 Å². The van der Waals surface area contributed by atoms with Crippen LogP contribution in [0.2, 0.25) is 0 Å². The Morgan fingerprint density at radius 1 is 0.857 bits per heavy atom. The van der Waals surface area contributed by atoms with Crippen molar-refractivity contribution in [3.8, 4) is 0 Å². The summed E-state index contributed by atoms with van der Waals surface area (Å²) >= 11 is 0. The number of rotatable bonds is 4. The predicted molar refractivity (Wildman–Crippen MR) is 86.5 cm³/mol. The maximum Gasteiger partial charge on any atom is 0.157 e. The lowest BCUT2D eigenvalue weighted by atomic mass is 10.1. The molecular weight excluding hydrogens is 256 g/mol. The second-order valence-electron chi connectivity index (χ2n) is 5.78. The molecule has 2 nitrogen and oxygen atoms in total. The zero-order chi connectivity index (χ0) is 14.7. The minimum atomic E-state index is 0.419.